The molecule has 0 spiro atoms. The molecule has 1 aromatic carbocycles. The lowest BCUT2D eigenvalue weighted by atomic mass is 10.1. The monoisotopic (exact) mass is 202 g/mol. The highest BCUT2D eigenvalue weighted by Crippen LogP contribution is 2.18. The summed E-state index contributed by atoms with van der Waals surface area (Å²) in [6.07, 6.45) is 2.54. The number of hydrogen-bond acceptors (Lipinski definition) is 2. The molecule has 0 saturated carbocycles. The molecule has 0 aromatic heterocycles. The van der Waals surface area contributed by atoms with E-state index in [0.29, 0.717) is 12.1 Å². The number of carbonyl (C=O) groups excluding carboxylic acids is 1. The minimum Gasteiger partial charge on any atom is -0.399 e. The van der Waals surface area contributed by atoms with Crippen LogP contribution in [0.5, 0.6) is 0 Å². The number of allylic oxidation sites excluding steroid dienone is 1. The predicted octanol–water partition coefficient (Wildman–Crippen LogP) is 2.13. The number of carbonyl (C=O) groups is 1. The van der Waals surface area contributed by atoms with Gasteiger partial charge in [0.15, 0.2) is 0 Å². The number of rotatable bonds is 4. The number of hydrogen-bond donors (Lipinski definition) is 2. The van der Waals surface area contributed by atoms with Crippen LogP contribution in [0.2, 0.25) is 0 Å². The van der Waals surface area contributed by atoms with Gasteiger partial charge >= 0.3 is 0 Å². The molecular formula is C12H14N2O. The van der Waals surface area contributed by atoms with E-state index in [4.69, 9.17) is 5.73 Å². The van der Waals surface area contributed by atoms with Gasteiger partial charge in [0.25, 0.3) is 0 Å². The Morgan fingerprint density at radius 1 is 1.47 bits per heavy atom. The van der Waals surface area contributed by atoms with Crippen LogP contribution < -0.4 is 11.1 Å². The molecule has 0 atom stereocenters. The Morgan fingerprint density at radius 3 is 2.73 bits per heavy atom. The first-order chi connectivity index (χ1) is 7.15. The molecule has 0 fully saturated rings. The molecule has 1 aromatic rings. The smallest absolute Gasteiger partial charge is 0.211 e. The number of nitrogens with one attached hydrogen (secondary N) is 1. The molecule has 78 valence electrons. The van der Waals surface area contributed by atoms with E-state index in [1.807, 2.05) is 37.3 Å². The zero-order valence-electron chi connectivity index (χ0n) is 8.66. The van der Waals surface area contributed by atoms with Gasteiger partial charge in [-0.2, -0.15) is 0 Å². The highest BCUT2D eigenvalue weighted by molar-refractivity contribution is 5.79. The lowest BCUT2D eigenvalue weighted by Crippen LogP contribution is -1.98. The van der Waals surface area contributed by atoms with Crippen molar-refractivity contribution >= 4 is 18.2 Å². The number of para-hydroxylation sites is 1. The molecule has 3 nitrogen and oxygen atoms in total. The summed E-state index contributed by atoms with van der Waals surface area (Å²) in [7, 11) is 0. The molecule has 0 aliphatic rings. The topological polar surface area (TPSA) is 55.1 Å². The summed E-state index contributed by atoms with van der Waals surface area (Å²) in [6, 6.07) is 7.48. The predicted molar refractivity (Wildman–Crippen MR) is 63.1 cm³/mol. The summed E-state index contributed by atoms with van der Waals surface area (Å²) in [5.41, 5.74) is 8.63. The lowest BCUT2D eigenvalue weighted by molar-refractivity contribution is -0.105. The quantitative estimate of drug-likeness (QED) is 0.580. The average Bonchev–Trinajstić information content (AvgIpc) is 2.21. The van der Waals surface area contributed by atoms with Crippen LogP contribution in [0.3, 0.4) is 0 Å². The molecule has 1 amide bonds. The molecule has 0 aliphatic heterocycles. The van der Waals surface area contributed by atoms with E-state index < -0.39 is 0 Å². The Kier molecular flexibility index (Phi) is 3.68. The van der Waals surface area contributed by atoms with Crippen molar-refractivity contribution in [3.05, 3.63) is 47.7 Å². The Balaban J connectivity index is 3.08. The highest BCUT2D eigenvalue weighted by Gasteiger charge is 1.98. The van der Waals surface area contributed by atoms with Crippen molar-refractivity contribution in [3.63, 3.8) is 0 Å². The SMILES string of the molecule is C=C(N)/C(C)=C/c1ccccc1NC=O. The van der Waals surface area contributed by atoms with Gasteiger partial charge in [-0.3, -0.25) is 4.79 Å². The van der Waals surface area contributed by atoms with Crippen molar-refractivity contribution in [2.75, 3.05) is 5.32 Å². The molecule has 0 heterocycles. The van der Waals surface area contributed by atoms with Gasteiger partial charge in [-0.05, 0) is 30.2 Å². The third kappa shape index (κ3) is 2.98. The molecule has 0 aliphatic carbocycles. The van der Waals surface area contributed by atoms with E-state index in [2.05, 4.69) is 11.9 Å². The minimum atomic E-state index is 0.524. The van der Waals surface area contributed by atoms with Crippen LogP contribution in [-0.2, 0) is 4.79 Å². The Labute approximate surface area is 89.3 Å². The van der Waals surface area contributed by atoms with Crippen LogP contribution in [0, 0.1) is 0 Å². The summed E-state index contributed by atoms with van der Waals surface area (Å²) in [5.74, 6) is 0. The highest BCUT2D eigenvalue weighted by atomic mass is 16.1. The molecular weight excluding hydrogens is 188 g/mol. The summed E-state index contributed by atoms with van der Waals surface area (Å²) in [4.78, 5) is 10.4. The van der Waals surface area contributed by atoms with Crippen molar-refractivity contribution in [1.82, 2.24) is 0 Å². The maximum Gasteiger partial charge on any atom is 0.211 e. The fourth-order valence-electron chi connectivity index (χ4n) is 1.14. The number of nitrogens with two attached hydrogens (primary N) is 1. The minimum absolute atomic E-state index is 0.524. The van der Waals surface area contributed by atoms with Crippen molar-refractivity contribution in [2.45, 2.75) is 6.92 Å². The maximum absolute atomic E-state index is 10.4. The van der Waals surface area contributed by atoms with Crippen LogP contribution in [0.15, 0.2) is 42.1 Å². The van der Waals surface area contributed by atoms with E-state index in [1.54, 1.807) is 0 Å². The fraction of sp³-hybridized carbons (Fsp3) is 0.0833. The molecule has 0 radical (unpaired) electrons. The standard InChI is InChI=1S/C12H14N2O/c1-9(10(2)13)7-11-5-3-4-6-12(11)14-8-15/h3-8H,2,13H2,1H3,(H,14,15)/b9-7+. The molecule has 0 unspecified atom stereocenters. The Bertz CT molecular complexity index is 408. The summed E-state index contributed by atoms with van der Waals surface area (Å²) >= 11 is 0. The zero-order valence-corrected chi connectivity index (χ0v) is 8.66. The molecule has 0 saturated heterocycles. The lowest BCUT2D eigenvalue weighted by Gasteiger charge is -2.05. The van der Waals surface area contributed by atoms with Gasteiger partial charge in [-0.15, -0.1) is 0 Å². The first-order valence-electron chi connectivity index (χ1n) is 4.57. The van der Waals surface area contributed by atoms with Gasteiger partial charge in [0.2, 0.25) is 6.41 Å². The van der Waals surface area contributed by atoms with Crippen molar-refractivity contribution in [2.24, 2.45) is 5.73 Å². The van der Waals surface area contributed by atoms with E-state index in [-0.39, 0.29) is 0 Å². The van der Waals surface area contributed by atoms with Crippen LogP contribution in [0.25, 0.3) is 6.08 Å². The largest absolute Gasteiger partial charge is 0.399 e. The zero-order chi connectivity index (χ0) is 11.3. The van der Waals surface area contributed by atoms with Gasteiger partial charge in [0.1, 0.15) is 0 Å². The van der Waals surface area contributed by atoms with Crippen molar-refractivity contribution in [1.29, 1.82) is 0 Å². The Morgan fingerprint density at radius 2 is 2.13 bits per heavy atom. The summed E-state index contributed by atoms with van der Waals surface area (Å²) < 4.78 is 0. The average molecular weight is 202 g/mol. The number of anilines is 1. The van der Waals surface area contributed by atoms with Crippen molar-refractivity contribution in [3.8, 4) is 0 Å². The molecule has 0 bridgehead atoms. The van der Waals surface area contributed by atoms with Gasteiger partial charge in [0.05, 0.1) is 0 Å². The second-order valence-electron chi connectivity index (χ2n) is 3.20. The van der Waals surface area contributed by atoms with Crippen LogP contribution in [-0.4, -0.2) is 6.41 Å². The van der Waals surface area contributed by atoms with E-state index in [0.717, 1.165) is 16.8 Å². The first kappa shape index (κ1) is 11.0. The fourth-order valence-corrected chi connectivity index (χ4v) is 1.14. The van der Waals surface area contributed by atoms with Gasteiger partial charge in [-0.25, -0.2) is 0 Å². The Hall–Kier alpha value is -2.03. The normalized spacial score (nSPS) is 10.9. The van der Waals surface area contributed by atoms with Crippen molar-refractivity contribution < 1.29 is 4.79 Å². The second kappa shape index (κ2) is 5.00. The maximum atomic E-state index is 10.4. The number of benzene rings is 1. The second-order valence-corrected chi connectivity index (χ2v) is 3.20. The third-order valence-electron chi connectivity index (χ3n) is 2.05. The van der Waals surface area contributed by atoms with E-state index in [1.165, 1.54) is 0 Å². The molecule has 3 N–H and O–H groups in total. The first-order valence-corrected chi connectivity index (χ1v) is 4.57. The van der Waals surface area contributed by atoms with Gasteiger partial charge in [0, 0.05) is 11.4 Å². The third-order valence-corrected chi connectivity index (χ3v) is 2.05. The molecule has 1 rings (SSSR count). The van der Waals surface area contributed by atoms with E-state index in [9.17, 15) is 4.79 Å². The van der Waals surface area contributed by atoms with Crippen LogP contribution in [0.4, 0.5) is 5.69 Å². The van der Waals surface area contributed by atoms with E-state index >= 15 is 0 Å². The van der Waals surface area contributed by atoms with Crippen LogP contribution in [0.1, 0.15) is 12.5 Å². The van der Waals surface area contributed by atoms with Crippen LogP contribution >= 0.6 is 0 Å². The molecule has 15 heavy (non-hydrogen) atoms. The van der Waals surface area contributed by atoms with Gasteiger partial charge < -0.3 is 11.1 Å². The van der Waals surface area contributed by atoms with Gasteiger partial charge in [-0.1, -0.05) is 24.8 Å². The summed E-state index contributed by atoms with van der Waals surface area (Å²) in [6.45, 7) is 5.52. The number of amides is 1. The summed E-state index contributed by atoms with van der Waals surface area (Å²) in [5, 5.41) is 2.62. The molecule has 3 heteroatoms.